The van der Waals surface area contributed by atoms with Crippen LogP contribution in [0.2, 0.25) is 0 Å². The van der Waals surface area contributed by atoms with E-state index in [1.54, 1.807) is 0 Å². The highest BCUT2D eigenvalue weighted by molar-refractivity contribution is 9.10. The van der Waals surface area contributed by atoms with Crippen molar-refractivity contribution in [3.05, 3.63) is 81.6 Å². The summed E-state index contributed by atoms with van der Waals surface area (Å²) in [7, 11) is 0. The molecule has 0 fully saturated rings. The minimum absolute atomic E-state index is 0.102. The average molecular weight is 442 g/mol. The second-order valence-electron chi connectivity index (χ2n) is 6.64. The topological polar surface area (TPSA) is 56.2 Å². The molecule has 3 aromatic rings. The number of ether oxygens (including phenoxy) is 1. The maximum Gasteiger partial charge on any atom is 0.251 e. The largest absolute Gasteiger partial charge is 0.488 e. The predicted molar refractivity (Wildman–Crippen MR) is 113 cm³/mol. The number of para-hydroxylation sites is 1. The highest BCUT2D eigenvalue weighted by Crippen LogP contribution is 2.24. The molecule has 1 atom stereocenters. The lowest BCUT2D eigenvalue weighted by atomic mass is 10.1. The van der Waals surface area contributed by atoms with Gasteiger partial charge in [-0.15, -0.1) is 0 Å². The molecule has 0 aliphatic carbocycles. The minimum Gasteiger partial charge on any atom is -0.488 e. The monoisotopic (exact) mass is 441 g/mol. The fraction of sp³-hybridized carbons (Fsp3) is 0.273. The zero-order valence-electron chi connectivity index (χ0n) is 16.3. The van der Waals surface area contributed by atoms with Crippen molar-refractivity contribution in [2.24, 2.45) is 0 Å². The van der Waals surface area contributed by atoms with Crippen molar-refractivity contribution in [3.63, 3.8) is 0 Å². The number of rotatable bonds is 7. The Hall–Kier alpha value is -2.60. The predicted octanol–water partition coefficient (Wildman–Crippen LogP) is 5.04. The van der Waals surface area contributed by atoms with Gasteiger partial charge in [0.25, 0.3) is 5.91 Å². The van der Waals surface area contributed by atoms with E-state index >= 15 is 0 Å². The number of hydrogen-bond donors (Lipinski definition) is 1. The molecule has 0 bridgehead atoms. The van der Waals surface area contributed by atoms with Crippen molar-refractivity contribution in [1.82, 2.24) is 15.1 Å². The van der Waals surface area contributed by atoms with E-state index in [0.29, 0.717) is 12.2 Å². The van der Waals surface area contributed by atoms with Gasteiger partial charge in [0.1, 0.15) is 12.4 Å². The van der Waals surface area contributed by atoms with E-state index in [2.05, 4.69) is 26.3 Å². The summed E-state index contributed by atoms with van der Waals surface area (Å²) in [6, 6.07) is 15.1. The Balaban J connectivity index is 1.60. The van der Waals surface area contributed by atoms with Gasteiger partial charge < -0.3 is 10.1 Å². The molecule has 0 radical (unpaired) electrons. The van der Waals surface area contributed by atoms with E-state index in [1.165, 1.54) is 0 Å². The maximum atomic E-state index is 12.6. The van der Waals surface area contributed by atoms with Gasteiger partial charge in [0.05, 0.1) is 16.2 Å². The average Bonchev–Trinajstić information content (AvgIpc) is 3.08. The van der Waals surface area contributed by atoms with Crippen LogP contribution < -0.4 is 10.1 Å². The van der Waals surface area contributed by atoms with E-state index in [1.807, 2.05) is 80.2 Å². The number of nitrogens with zero attached hydrogens (tertiary/aromatic N) is 2. The molecular weight excluding hydrogens is 418 g/mol. The van der Waals surface area contributed by atoms with Crippen LogP contribution in [0, 0.1) is 6.92 Å². The summed E-state index contributed by atoms with van der Waals surface area (Å²) in [4.78, 5) is 12.6. The summed E-state index contributed by atoms with van der Waals surface area (Å²) >= 11 is 3.47. The van der Waals surface area contributed by atoms with Crippen molar-refractivity contribution in [2.45, 2.75) is 40.0 Å². The van der Waals surface area contributed by atoms with Gasteiger partial charge in [-0.05, 0) is 66.5 Å². The van der Waals surface area contributed by atoms with Crippen LogP contribution in [-0.4, -0.2) is 15.7 Å². The summed E-state index contributed by atoms with van der Waals surface area (Å²) in [5, 5.41) is 7.49. The van der Waals surface area contributed by atoms with Gasteiger partial charge in [-0.1, -0.05) is 24.3 Å². The number of amides is 1. The van der Waals surface area contributed by atoms with Gasteiger partial charge in [0.2, 0.25) is 0 Å². The maximum absolute atomic E-state index is 12.6. The third-order valence-electron chi connectivity index (χ3n) is 4.57. The number of nitrogens with one attached hydrogen (secondary N) is 1. The van der Waals surface area contributed by atoms with Crippen molar-refractivity contribution < 1.29 is 9.53 Å². The molecule has 0 saturated carbocycles. The molecule has 0 aliphatic heterocycles. The fourth-order valence-electron chi connectivity index (χ4n) is 2.95. The summed E-state index contributed by atoms with van der Waals surface area (Å²) in [5.74, 6) is 0.690. The highest BCUT2D eigenvalue weighted by Gasteiger charge is 2.16. The Morgan fingerprint density at radius 3 is 2.57 bits per heavy atom. The molecule has 1 aromatic heterocycles. The normalized spacial score (nSPS) is 11.9. The Morgan fingerprint density at radius 1 is 1.21 bits per heavy atom. The molecule has 3 rings (SSSR count). The second kappa shape index (κ2) is 9.06. The van der Waals surface area contributed by atoms with Gasteiger partial charge in [-0.2, -0.15) is 5.10 Å². The Kier molecular flexibility index (Phi) is 6.52. The molecule has 1 unspecified atom stereocenters. The van der Waals surface area contributed by atoms with Gasteiger partial charge in [-0.3, -0.25) is 9.48 Å². The van der Waals surface area contributed by atoms with E-state index in [0.717, 1.165) is 33.6 Å². The molecule has 0 aliphatic rings. The zero-order valence-corrected chi connectivity index (χ0v) is 17.9. The lowest BCUT2D eigenvalue weighted by Crippen LogP contribution is -2.26. The number of halogens is 1. The highest BCUT2D eigenvalue weighted by atomic mass is 79.9. The number of benzene rings is 2. The fourth-order valence-corrected chi connectivity index (χ4v) is 3.35. The van der Waals surface area contributed by atoms with E-state index < -0.39 is 0 Å². The first-order valence-electron chi connectivity index (χ1n) is 9.29. The number of aromatic nitrogens is 2. The number of carbonyl (C=O) groups excluding carboxylic acids is 1. The zero-order chi connectivity index (χ0) is 20.1. The van der Waals surface area contributed by atoms with Crippen LogP contribution >= 0.6 is 15.9 Å². The van der Waals surface area contributed by atoms with E-state index in [9.17, 15) is 4.79 Å². The first-order chi connectivity index (χ1) is 13.5. The van der Waals surface area contributed by atoms with Crippen molar-refractivity contribution in [1.29, 1.82) is 0 Å². The summed E-state index contributed by atoms with van der Waals surface area (Å²) in [6.45, 7) is 7.23. The van der Waals surface area contributed by atoms with Crippen LogP contribution in [0.4, 0.5) is 0 Å². The molecular formula is C22H24BrN3O2. The lowest BCUT2D eigenvalue weighted by Gasteiger charge is -2.14. The molecule has 5 nitrogen and oxygen atoms in total. The molecule has 1 N–H and O–H groups in total. The van der Waals surface area contributed by atoms with Crippen LogP contribution in [0.3, 0.4) is 0 Å². The lowest BCUT2D eigenvalue weighted by molar-refractivity contribution is 0.0939. The first kappa shape index (κ1) is 20.1. The SMILES string of the molecule is CCn1cc(C(C)NC(=O)c2ccc(COc3ccccc3Br)cc2)c(C)n1. The molecule has 1 amide bonds. The van der Waals surface area contributed by atoms with Gasteiger partial charge in [-0.25, -0.2) is 0 Å². The standard InChI is InChI=1S/C22H24BrN3O2/c1-4-26-13-19(16(3)25-26)15(2)24-22(27)18-11-9-17(10-12-18)14-28-21-8-6-5-7-20(21)23/h5-13,15H,4,14H2,1-3H3,(H,24,27). The molecule has 2 aromatic carbocycles. The molecule has 146 valence electrons. The summed E-state index contributed by atoms with van der Waals surface area (Å²) in [5.41, 5.74) is 3.60. The van der Waals surface area contributed by atoms with Crippen LogP contribution in [-0.2, 0) is 13.2 Å². The van der Waals surface area contributed by atoms with Gasteiger partial charge >= 0.3 is 0 Å². The Bertz CT molecular complexity index is 951. The molecule has 28 heavy (non-hydrogen) atoms. The van der Waals surface area contributed by atoms with Gasteiger partial charge in [0.15, 0.2) is 0 Å². The number of aryl methyl sites for hydroxylation is 2. The van der Waals surface area contributed by atoms with Crippen molar-refractivity contribution >= 4 is 21.8 Å². The quantitative estimate of drug-likeness (QED) is 0.558. The number of carbonyl (C=O) groups is 1. The number of hydrogen-bond acceptors (Lipinski definition) is 3. The van der Waals surface area contributed by atoms with E-state index in [4.69, 9.17) is 4.74 Å². The smallest absolute Gasteiger partial charge is 0.251 e. The summed E-state index contributed by atoms with van der Waals surface area (Å²) < 4.78 is 8.62. The van der Waals surface area contributed by atoms with Gasteiger partial charge in [0, 0.05) is 23.9 Å². The van der Waals surface area contributed by atoms with E-state index in [-0.39, 0.29) is 11.9 Å². The van der Waals surface area contributed by atoms with Crippen LogP contribution in [0.15, 0.2) is 59.2 Å². The first-order valence-corrected chi connectivity index (χ1v) is 10.1. The molecule has 6 heteroatoms. The van der Waals surface area contributed by atoms with Crippen molar-refractivity contribution in [2.75, 3.05) is 0 Å². The summed E-state index contributed by atoms with van der Waals surface area (Å²) in [6.07, 6.45) is 1.99. The Morgan fingerprint density at radius 2 is 1.93 bits per heavy atom. The molecule has 0 saturated heterocycles. The minimum atomic E-state index is -0.105. The van der Waals surface area contributed by atoms with Crippen LogP contribution in [0.1, 0.15) is 47.1 Å². The van der Waals surface area contributed by atoms with Crippen LogP contribution in [0.25, 0.3) is 0 Å². The molecule has 1 heterocycles. The van der Waals surface area contributed by atoms with Crippen LogP contribution in [0.5, 0.6) is 5.75 Å². The molecule has 0 spiro atoms. The van der Waals surface area contributed by atoms with Crippen molar-refractivity contribution in [3.8, 4) is 5.75 Å². The second-order valence-corrected chi connectivity index (χ2v) is 7.49. The third-order valence-corrected chi connectivity index (χ3v) is 5.22. The third kappa shape index (κ3) is 4.81. The Labute approximate surface area is 173 Å².